The minimum Gasteiger partial charge on any atom is -0.504 e. The largest absolute Gasteiger partial charge is 0.504 e. The van der Waals surface area contributed by atoms with Crippen LogP contribution in [0.15, 0.2) is 53.4 Å². The summed E-state index contributed by atoms with van der Waals surface area (Å²) in [6.45, 7) is 1.21. The van der Waals surface area contributed by atoms with Crippen LogP contribution in [0.2, 0.25) is 0 Å². The lowest BCUT2D eigenvalue weighted by Gasteiger charge is -2.38. The SMILES string of the molecule is COc1ccc(C2Nc3ccc(S(=O)(=O)N4CCCC4)cc3C3C=CCC32)cc1O. The first kappa shape index (κ1) is 19.5. The van der Waals surface area contributed by atoms with Gasteiger partial charge >= 0.3 is 0 Å². The molecular weight excluding hydrogens is 400 g/mol. The minimum atomic E-state index is -3.45. The zero-order chi connectivity index (χ0) is 20.9. The van der Waals surface area contributed by atoms with E-state index in [0.29, 0.717) is 23.7 Å². The molecule has 7 heteroatoms. The second-order valence-corrected chi connectivity index (χ2v) is 10.2. The van der Waals surface area contributed by atoms with Crippen molar-refractivity contribution in [3.05, 3.63) is 59.7 Å². The molecule has 2 aromatic carbocycles. The van der Waals surface area contributed by atoms with E-state index in [9.17, 15) is 13.5 Å². The molecule has 5 rings (SSSR count). The van der Waals surface area contributed by atoms with Crippen LogP contribution in [0, 0.1) is 5.92 Å². The highest BCUT2D eigenvalue weighted by molar-refractivity contribution is 7.89. The van der Waals surface area contributed by atoms with Crippen LogP contribution in [0.25, 0.3) is 0 Å². The van der Waals surface area contributed by atoms with E-state index in [2.05, 4.69) is 17.5 Å². The van der Waals surface area contributed by atoms with Crippen molar-refractivity contribution in [1.29, 1.82) is 0 Å². The van der Waals surface area contributed by atoms with Crippen LogP contribution in [0.4, 0.5) is 5.69 Å². The molecule has 1 fully saturated rings. The molecule has 158 valence electrons. The number of nitrogens with zero attached hydrogens (tertiary/aromatic N) is 1. The van der Waals surface area contributed by atoms with Crippen molar-refractivity contribution in [3.63, 3.8) is 0 Å². The molecule has 2 aliphatic heterocycles. The van der Waals surface area contributed by atoms with Gasteiger partial charge in [0.05, 0.1) is 18.0 Å². The smallest absolute Gasteiger partial charge is 0.243 e. The predicted molar refractivity (Wildman–Crippen MR) is 115 cm³/mol. The van der Waals surface area contributed by atoms with Gasteiger partial charge in [0.1, 0.15) is 0 Å². The lowest BCUT2D eigenvalue weighted by molar-refractivity contribution is 0.371. The van der Waals surface area contributed by atoms with Crippen LogP contribution >= 0.6 is 0 Å². The number of nitrogens with one attached hydrogen (secondary N) is 1. The number of aromatic hydroxyl groups is 1. The maximum atomic E-state index is 13.0. The summed E-state index contributed by atoms with van der Waals surface area (Å²) in [5.41, 5.74) is 2.97. The molecule has 2 N–H and O–H groups in total. The third-order valence-corrected chi connectivity index (χ3v) is 8.49. The Hall–Kier alpha value is -2.51. The Morgan fingerprint density at radius 2 is 1.93 bits per heavy atom. The van der Waals surface area contributed by atoms with Gasteiger partial charge in [0.2, 0.25) is 10.0 Å². The predicted octanol–water partition coefficient (Wildman–Crippen LogP) is 4.01. The number of ether oxygens (including phenoxy) is 1. The highest BCUT2D eigenvalue weighted by Gasteiger charge is 2.39. The Balaban J connectivity index is 1.52. The lowest BCUT2D eigenvalue weighted by Crippen LogP contribution is -2.30. The first-order chi connectivity index (χ1) is 14.5. The summed E-state index contributed by atoms with van der Waals surface area (Å²) in [7, 11) is -1.91. The molecule has 30 heavy (non-hydrogen) atoms. The second kappa shape index (κ2) is 7.32. The molecular formula is C23H26N2O4S. The summed E-state index contributed by atoms with van der Waals surface area (Å²) < 4.78 is 32.9. The van der Waals surface area contributed by atoms with Crippen molar-refractivity contribution >= 4 is 15.7 Å². The van der Waals surface area contributed by atoms with Gasteiger partial charge in [-0.3, -0.25) is 0 Å². The standard InChI is InChI=1S/C23H26N2O4S/c1-29-22-10-7-15(13-21(22)26)23-18-6-4-5-17(18)19-14-16(8-9-20(19)24-23)30(27,28)25-11-2-3-12-25/h4-5,7-10,13-14,17-18,23-24,26H,2-3,6,11-12H2,1H3. The van der Waals surface area contributed by atoms with E-state index in [1.807, 2.05) is 18.2 Å². The molecule has 0 aromatic heterocycles. The Labute approximate surface area is 177 Å². The average molecular weight is 427 g/mol. The van der Waals surface area contributed by atoms with Crippen LogP contribution in [0.3, 0.4) is 0 Å². The zero-order valence-corrected chi connectivity index (χ0v) is 17.7. The number of sulfonamides is 1. The Morgan fingerprint density at radius 3 is 2.67 bits per heavy atom. The first-order valence-electron chi connectivity index (χ1n) is 10.4. The summed E-state index contributed by atoms with van der Waals surface area (Å²) in [5.74, 6) is 0.976. The number of allylic oxidation sites excluding steroid dienone is 2. The van der Waals surface area contributed by atoms with Crippen molar-refractivity contribution < 1.29 is 18.3 Å². The number of hydrogen-bond acceptors (Lipinski definition) is 5. The van der Waals surface area contributed by atoms with E-state index >= 15 is 0 Å². The molecule has 0 saturated carbocycles. The number of anilines is 1. The van der Waals surface area contributed by atoms with E-state index in [1.54, 1.807) is 22.5 Å². The molecule has 2 heterocycles. The monoisotopic (exact) mass is 426 g/mol. The molecule has 2 aromatic rings. The molecule has 0 radical (unpaired) electrons. The van der Waals surface area contributed by atoms with Gasteiger partial charge < -0.3 is 15.2 Å². The Kier molecular flexibility index (Phi) is 4.75. The molecule has 1 saturated heterocycles. The fourth-order valence-corrected chi connectivity index (χ4v) is 6.59. The summed E-state index contributed by atoms with van der Waals surface area (Å²) in [6.07, 6.45) is 7.11. The quantitative estimate of drug-likeness (QED) is 0.722. The van der Waals surface area contributed by atoms with Crippen LogP contribution in [-0.4, -0.2) is 38.0 Å². The molecule has 3 unspecified atom stereocenters. The van der Waals surface area contributed by atoms with Gasteiger partial charge in [0.25, 0.3) is 0 Å². The van der Waals surface area contributed by atoms with E-state index in [4.69, 9.17) is 4.74 Å². The first-order valence-corrected chi connectivity index (χ1v) is 11.9. The van der Waals surface area contributed by atoms with Gasteiger partial charge in [-0.05, 0) is 66.6 Å². The van der Waals surface area contributed by atoms with Gasteiger partial charge in [-0.1, -0.05) is 18.2 Å². The summed E-state index contributed by atoms with van der Waals surface area (Å²) in [5, 5.41) is 13.8. The van der Waals surface area contributed by atoms with Crippen molar-refractivity contribution in [2.45, 2.75) is 36.1 Å². The van der Waals surface area contributed by atoms with Crippen molar-refractivity contribution in [3.8, 4) is 11.5 Å². The topological polar surface area (TPSA) is 78.9 Å². The van der Waals surface area contributed by atoms with E-state index < -0.39 is 10.0 Å². The molecule has 0 bridgehead atoms. The number of phenolic OH excluding ortho intramolecular Hbond substituents is 1. The number of hydrogen-bond donors (Lipinski definition) is 2. The highest BCUT2D eigenvalue weighted by Crippen LogP contribution is 2.51. The van der Waals surface area contributed by atoms with Crippen molar-refractivity contribution in [2.24, 2.45) is 5.92 Å². The van der Waals surface area contributed by atoms with Crippen LogP contribution in [0.1, 0.15) is 42.3 Å². The second-order valence-electron chi connectivity index (χ2n) is 8.27. The average Bonchev–Trinajstić information content (AvgIpc) is 3.45. The highest BCUT2D eigenvalue weighted by atomic mass is 32.2. The zero-order valence-electron chi connectivity index (χ0n) is 16.9. The third kappa shape index (κ3) is 3.08. The summed E-state index contributed by atoms with van der Waals surface area (Å²) >= 11 is 0. The van der Waals surface area contributed by atoms with E-state index in [1.165, 1.54) is 7.11 Å². The van der Waals surface area contributed by atoms with E-state index in [0.717, 1.165) is 36.1 Å². The molecule has 3 aliphatic rings. The van der Waals surface area contributed by atoms with Crippen LogP contribution in [-0.2, 0) is 10.0 Å². The van der Waals surface area contributed by atoms with Crippen LogP contribution < -0.4 is 10.1 Å². The fourth-order valence-electron chi connectivity index (χ4n) is 5.04. The molecule has 1 aliphatic carbocycles. The molecule has 3 atom stereocenters. The van der Waals surface area contributed by atoms with Gasteiger partial charge in [-0.15, -0.1) is 0 Å². The fraction of sp³-hybridized carbons (Fsp3) is 0.391. The van der Waals surface area contributed by atoms with Gasteiger partial charge in [0, 0.05) is 24.7 Å². The summed E-state index contributed by atoms with van der Waals surface area (Å²) in [6, 6.07) is 11.0. The number of rotatable bonds is 4. The third-order valence-electron chi connectivity index (χ3n) is 6.60. The Morgan fingerprint density at radius 1 is 1.13 bits per heavy atom. The normalized spacial score (nSPS) is 25.6. The minimum absolute atomic E-state index is 0.0235. The van der Waals surface area contributed by atoms with Crippen molar-refractivity contribution in [2.75, 3.05) is 25.5 Å². The summed E-state index contributed by atoms with van der Waals surface area (Å²) in [4.78, 5) is 0.379. The number of methoxy groups -OCH3 is 1. The van der Waals surface area contributed by atoms with Crippen molar-refractivity contribution in [1.82, 2.24) is 4.31 Å². The van der Waals surface area contributed by atoms with Gasteiger partial charge in [-0.2, -0.15) is 4.31 Å². The Bertz CT molecular complexity index is 1110. The van der Waals surface area contributed by atoms with Crippen LogP contribution in [0.5, 0.6) is 11.5 Å². The van der Waals surface area contributed by atoms with Gasteiger partial charge in [-0.25, -0.2) is 8.42 Å². The number of fused-ring (bicyclic) bond motifs is 3. The van der Waals surface area contributed by atoms with E-state index in [-0.39, 0.29) is 23.6 Å². The number of phenols is 1. The van der Waals surface area contributed by atoms with Gasteiger partial charge in [0.15, 0.2) is 11.5 Å². The number of benzene rings is 2. The maximum Gasteiger partial charge on any atom is 0.243 e. The molecule has 0 amide bonds. The lowest BCUT2D eigenvalue weighted by atomic mass is 9.77. The molecule has 0 spiro atoms. The maximum absolute atomic E-state index is 13.0. The molecule has 6 nitrogen and oxygen atoms in total.